The standard InChI is InChI=1S/C21H28N2O9.C18H28/c1-3-4-5-6-9-19(24)22-15-20(25)32-17-11-10-16(14-18(17)29-2)21(26)30-12-7-8-13-31-23(27)28;1-2-6-12-17(11-5-1)13-7-3-8-14-18-15-9-4-10-16-18/h3-4,10-11,14H,5-9,12-13,15H2,1-2H3,(H,22,24);4,9-10,15-17H,1-3,5-8,11-14H2/b4-3-;. The molecule has 0 spiro atoms. The summed E-state index contributed by atoms with van der Waals surface area (Å²) in [5.74, 6) is -0.261. The van der Waals surface area contributed by atoms with Gasteiger partial charge >= 0.3 is 11.9 Å². The molecule has 1 amide bonds. The van der Waals surface area contributed by atoms with E-state index in [0.29, 0.717) is 25.7 Å². The molecule has 1 aliphatic rings. The fraction of sp³-hybridized carbons (Fsp3) is 0.564. The monoisotopic (exact) mass is 696 g/mol. The lowest BCUT2D eigenvalue weighted by atomic mass is 9.93. The minimum absolute atomic E-state index is 0.0629. The molecular formula is C39H56N2O9. The second-order valence-electron chi connectivity index (χ2n) is 12.4. The normalized spacial score (nSPS) is 13.0. The third-order valence-corrected chi connectivity index (χ3v) is 8.43. The van der Waals surface area contributed by atoms with Gasteiger partial charge in [-0.3, -0.25) is 4.79 Å². The van der Waals surface area contributed by atoms with Gasteiger partial charge in [0.05, 0.1) is 25.9 Å². The summed E-state index contributed by atoms with van der Waals surface area (Å²) >= 11 is 0. The van der Waals surface area contributed by atoms with Gasteiger partial charge in [0.25, 0.3) is 5.09 Å². The van der Waals surface area contributed by atoms with E-state index in [1.165, 1.54) is 102 Å². The summed E-state index contributed by atoms with van der Waals surface area (Å²) < 4.78 is 15.4. The van der Waals surface area contributed by atoms with Crippen molar-refractivity contribution >= 4 is 17.8 Å². The number of aryl methyl sites for hydroxylation is 1. The van der Waals surface area contributed by atoms with Gasteiger partial charge in [-0.15, -0.1) is 10.1 Å². The molecule has 50 heavy (non-hydrogen) atoms. The van der Waals surface area contributed by atoms with Crippen LogP contribution >= 0.6 is 0 Å². The second-order valence-corrected chi connectivity index (χ2v) is 12.4. The number of esters is 2. The lowest BCUT2D eigenvalue weighted by Crippen LogP contribution is -2.31. The molecule has 1 N–H and O–H groups in total. The Kier molecular flexibility index (Phi) is 22.1. The van der Waals surface area contributed by atoms with Crippen LogP contribution in [-0.4, -0.2) is 49.8 Å². The van der Waals surface area contributed by atoms with Gasteiger partial charge in [-0.25, -0.2) is 9.59 Å². The van der Waals surface area contributed by atoms with Gasteiger partial charge < -0.3 is 24.4 Å². The Morgan fingerprint density at radius 1 is 0.900 bits per heavy atom. The number of hydrogen-bond donors (Lipinski definition) is 1. The van der Waals surface area contributed by atoms with E-state index in [9.17, 15) is 24.5 Å². The van der Waals surface area contributed by atoms with Crippen LogP contribution < -0.4 is 14.8 Å². The molecule has 11 nitrogen and oxygen atoms in total. The number of unbranched alkanes of at least 4 members (excludes halogenated alkanes) is 4. The predicted molar refractivity (Wildman–Crippen MR) is 193 cm³/mol. The molecule has 0 aliphatic heterocycles. The summed E-state index contributed by atoms with van der Waals surface area (Å²) in [5.41, 5.74) is 1.68. The Labute approximate surface area is 297 Å². The topological polar surface area (TPSA) is 143 Å². The van der Waals surface area contributed by atoms with Crippen LogP contribution in [0.1, 0.15) is 119 Å². The Morgan fingerprint density at radius 2 is 1.64 bits per heavy atom. The third-order valence-electron chi connectivity index (χ3n) is 8.43. The largest absolute Gasteiger partial charge is 0.493 e. The molecule has 276 valence electrons. The van der Waals surface area contributed by atoms with Crippen molar-refractivity contribution in [1.82, 2.24) is 5.32 Å². The highest BCUT2D eigenvalue weighted by molar-refractivity contribution is 5.90. The number of benzene rings is 2. The lowest BCUT2D eigenvalue weighted by molar-refractivity contribution is -0.757. The maximum absolute atomic E-state index is 12.1. The molecule has 0 heterocycles. The van der Waals surface area contributed by atoms with E-state index in [1.807, 2.05) is 19.1 Å². The summed E-state index contributed by atoms with van der Waals surface area (Å²) in [6, 6.07) is 15.1. The molecule has 3 rings (SSSR count). The minimum atomic E-state index is -0.882. The van der Waals surface area contributed by atoms with Crippen molar-refractivity contribution in [2.45, 2.75) is 110 Å². The van der Waals surface area contributed by atoms with E-state index < -0.39 is 17.0 Å². The molecule has 0 saturated heterocycles. The van der Waals surface area contributed by atoms with E-state index in [1.54, 1.807) is 0 Å². The Hall–Kier alpha value is -4.41. The van der Waals surface area contributed by atoms with Crippen LogP contribution in [0.25, 0.3) is 0 Å². The highest BCUT2D eigenvalue weighted by Crippen LogP contribution is 2.29. The van der Waals surface area contributed by atoms with E-state index in [0.717, 1.165) is 12.3 Å². The summed E-state index contributed by atoms with van der Waals surface area (Å²) in [5, 5.41) is 11.6. The van der Waals surface area contributed by atoms with Crippen LogP contribution in [-0.2, 0) is 25.6 Å². The first-order chi connectivity index (χ1) is 24.3. The van der Waals surface area contributed by atoms with Crippen molar-refractivity contribution in [2.24, 2.45) is 5.92 Å². The molecule has 1 aliphatic carbocycles. The molecule has 0 atom stereocenters. The maximum Gasteiger partial charge on any atom is 0.338 e. The van der Waals surface area contributed by atoms with Gasteiger partial charge in [0.2, 0.25) is 5.91 Å². The van der Waals surface area contributed by atoms with Gasteiger partial charge in [0.15, 0.2) is 11.5 Å². The summed E-state index contributed by atoms with van der Waals surface area (Å²) in [6.45, 7) is 1.60. The van der Waals surface area contributed by atoms with E-state index in [2.05, 4.69) is 40.5 Å². The average Bonchev–Trinajstić information content (AvgIpc) is 3.40. The molecule has 0 unspecified atom stereocenters. The molecule has 1 fully saturated rings. The first-order valence-electron chi connectivity index (χ1n) is 18.1. The number of carbonyl (C=O) groups is 3. The SMILES string of the molecule is C/C=C\CCCC(=O)NCC(=O)Oc1ccc(C(=O)OCCCCO[N+](=O)[O-])cc1OC.c1ccc(CCCCCC2CCCCCC2)cc1. The lowest BCUT2D eigenvalue weighted by Gasteiger charge is -2.13. The van der Waals surface area contributed by atoms with E-state index in [4.69, 9.17) is 14.2 Å². The molecule has 0 aromatic heterocycles. The molecule has 1 saturated carbocycles. The predicted octanol–water partition coefficient (Wildman–Crippen LogP) is 8.37. The fourth-order valence-corrected chi connectivity index (χ4v) is 5.67. The van der Waals surface area contributed by atoms with Crippen molar-refractivity contribution in [1.29, 1.82) is 0 Å². The first kappa shape index (κ1) is 41.8. The minimum Gasteiger partial charge on any atom is -0.493 e. The van der Waals surface area contributed by atoms with Gasteiger partial charge in [-0.2, -0.15) is 0 Å². The van der Waals surface area contributed by atoms with E-state index in [-0.39, 0.29) is 42.7 Å². The Morgan fingerprint density at radius 3 is 2.34 bits per heavy atom. The number of hydrogen-bond acceptors (Lipinski definition) is 9. The van der Waals surface area contributed by atoms with Gasteiger partial charge in [0.1, 0.15) is 6.54 Å². The van der Waals surface area contributed by atoms with Gasteiger partial charge in [0, 0.05) is 6.42 Å². The number of methoxy groups -OCH3 is 1. The van der Waals surface area contributed by atoms with Crippen molar-refractivity contribution in [3.8, 4) is 11.5 Å². The van der Waals surface area contributed by atoms with Crippen LogP contribution in [0.3, 0.4) is 0 Å². The quantitative estimate of drug-likeness (QED) is 0.0259. The fourth-order valence-electron chi connectivity index (χ4n) is 5.67. The van der Waals surface area contributed by atoms with Crippen molar-refractivity contribution in [2.75, 3.05) is 26.9 Å². The highest BCUT2D eigenvalue weighted by Gasteiger charge is 2.16. The molecule has 11 heteroatoms. The van der Waals surface area contributed by atoms with Gasteiger partial charge in [-0.05, 0) is 75.1 Å². The highest BCUT2D eigenvalue weighted by atomic mass is 16.9. The van der Waals surface area contributed by atoms with E-state index >= 15 is 0 Å². The van der Waals surface area contributed by atoms with Crippen LogP contribution in [0.5, 0.6) is 11.5 Å². The zero-order valence-electron chi connectivity index (χ0n) is 29.9. The van der Waals surface area contributed by atoms with Crippen molar-refractivity contribution in [3.05, 3.63) is 81.9 Å². The number of allylic oxidation sites excluding steroid dienone is 2. The molecule has 2 aromatic carbocycles. The molecule has 2 aromatic rings. The zero-order valence-corrected chi connectivity index (χ0v) is 29.9. The molecular weight excluding hydrogens is 640 g/mol. The Bertz CT molecular complexity index is 1290. The second kappa shape index (κ2) is 26.5. The number of rotatable bonds is 21. The summed E-state index contributed by atoms with van der Waals surface area (Å²) in [7, 11) is 1.35. The van der Waals surface area contributed by atoms with Crippen molar-refractivity contribution in [3.63, 3.8) is 0 Å². The maximum atomic E-state index is 12.1. The number of amides is 1. The number of nitrogens with zero attached hydrogens (tertiary/aromatic N) is 1. The van der Waals surface area contributed by atoms with Crippen LogP contribution in [0.2, 0.25) is 0 Å². The smallest absolute Gasteiger partial charge is 0.338 e. The summed E-state index contributed by atoms with van der Waals surface area (Å²) in [4.78, 5) is 50.0. The van der Waals surface area contributed by atoms with Crippen LogP contribution in [0.4, 0.5) is 0 Å². The first-order valence-corrected chi connectivity index (χ1v) is 18.1. The van der Waals surface area contributed by atoms with Crippen molar-refractivity contribution < 1.29 is 38.5 Å². The zero-order chi connectivity index (χ0) is 36.2. The number of ether oxygens (including phenoxy) is 3. The average molecular weight is 697 g/mol. The molecule has 0 bridgehead atoms. The van der Waals surface area contributed by atoms with Crippen LogP contribution in [0, 0.1) is 16.0 Å². The Balaban J connectivity index is 0.000000403. The van der Waals surface area contributed by atoms with Gasteiger partial charge in [-0.1, -0.05) is 100 Å². The molecule has 0 radical (unpaired) electrons. The summed E-state index contributed by atoms with van der Waals surface area (Å²) in [6.07, 6.45) is 22.4. The third kappa shape index (κ3) is 19.6. The number of nitrogens with one attached hydrogen (secondary N) is 1. The van der Waals surface area contributed by atoms with Crippen LogP contribution in [0.15, 0.2) is 60.7 Å². The number of carbonyl (C=O) groups excluding carboxylic acids is 3.